The second-order valence-electron chi connectivity index (χ2n) is 8.13. The highest BCUT2D eigenvalue weighted by Crippen LogP contribution is 2.44. The fourth-order valence-corrected chi connectivity index (χ4v) is 6.48. The Morgan fingerprint density at radius 1 is 1.09 bits per heavy atom. The van der Waals surface area contributed by atoms with Crippen LogP contribution in [0.2, 0.25) is 0 Å². The largest absolute Gasteiger partial charge is 0.493 e. The van der Waals surface area contributed by atoms with E-state index in [0.717, 1.165) is 16.0 Å². The molecule has 1 aromatic heterocycles. The Labute approximate surface area is 197 Å². The van der Waals surface area contributed by atoms with Gasteiger partial charge in [0.25, 0.3) is 5.56 Å². The van der Waals surface area contributed by atoms with Gasteiger partial charge in [0.15, 0.2) is 11.5 Å². The number of aryl methyl sites for hydroxylation is 1. The average Bonchev–Trinajstić information content (AvgIpc) is 3.25. The quantitative estimate of drug-likeness (QED) is 0.617. The van der Waals surface area contributed by atoms with Crippen LogP contribution in [-0.2, 0) is 28.3 Å². The number of benzene rings is 1. The van der Waals surface area contributed by atoms with Crippen LogP contribution in [0.1, 0.15) is 5.56 Å². The number of hydrogen-bond donors (Lipinski definition) is 0. The number of piperazine rings is 1. The van der Waals surface area contributed by atoms with E-state index in [9.17, 15) is 18.0 Å². The minimum Gasteiger partial charge on any atom is -0.493 e. The number of ether oxygens (including phenoxy) is 2. The van der Waals surface area contributed by atoms with E-state index in [1.807, 2.05) is 18.2 Å². The van der Waals surface area contributed by atoms with Crippen molar-refractivity contribution in [1.29, 1.82) is 0 Å². The van der Waals surface area contributed by atoms with Gasteiger partial charge in [0, 0.05) is 61.9 Å². The lowest BCUT2D eigenvalue weighted by molar-refractivity contribution is -0.131. The summed E-state index contributed by atoms with van der Waals surface area (Å²) in [5.74, 6) is 1.12. The Balaban J connectivity index is 1.61. The van der Waals surface area contributed by atoms with Crippen LogP contribution in [0.15, 0.2) is 34.1 Å². The molecule has 0 saturated carbocycles. The van der Waals surface area contributed by atoms with Gasteiger partial charge in [-0.3, -0.25) is 9.59 Å². The van der Waals surface area contributed by atoms with Crippen LogP contribution in [-0.4, -0.2) is 80.0 Å². The van der Waals surface area contributed by atoms with E-state index in [-0.39, 0.29) is 24.6 Å². The smallest absolute Gasteiger partial charge is 0.254 e. The predicted octanol–water partition coefficient (Wildman–Crippen LogP) is 1.19. The van der Waals surface area contributed by atoms with Crippen molar-refractivity contribution >= 4 is 27.7 Å². The van der Waals surface area contributed by atoms with Crippen LogP contribution in [0, 0.1) is 0 Å². The number of carbonyl (C=O) groups excluding carboxylic acids is 1. The highest BCUT2D eigenvalue weighted by atomic mass is 32.2. The molecule has 3 heterocycles. The zero-order valence-electron chi connectivity index (χ0n) is 19.0. The van der Waals surface area contributed by atoms with E-state index in [2.05, 4.69) is 0 Å². The number of hydrogen-bond acceptors (Lipinski definition) is 7. The van der Waals surface area contributed by atoms with Gasteiger partial charge in [-0.15, -0.1) is 11.8 Å². The molecule has 0 unspecified atom stereocenters. The van der Waals surface area contributed by atoms with Crippen molar-refractivity contribution in [2.75, 3.05) is 46.7 Å². The van der Waals surface area contributed by atoms with Crippen LogP contribution < -0.4 is 15.0 Å². The normalized spacial score (nSPS) is 18.8. The number of thioether (sulfide) groups is 1. The molecule has 1 atom stereocenters. The third kappa shape index (κ3) is 4.49. The van der Waals surface area contributed by atoms with Crippen molar-refractivity contribution in [3.8, 4) is 22.6 Å². The highest BCUT2D eigenvalue weighted by Gasteiger charge is 2.37. The zero-order valence-corrected chi connectivity index (χ0v) is 20.7. The van der Waals surface area contributed by atoms with E-state index >= 15 is 0 Å². The summed E-state index contributed by atoms with van der Waals surface area (Å²) in [6.45, 7) is 1.26. The molecule has 1 aromatic carbocycles. The van der Waals surface area contributed by atoms with E-state index in [4.69, 9.17) is 9.47 Å². The van der Waals surface area contributed by atoms with Gasteiger partial charge in [0.05, 0.1) is 25.7 Å². The monoisotopic (exact) mass is 493 g/mol. The van der Waals surface area contributed by atoms with Gasteiger partial charge in [-0.1, -0.05) is 6.07 Å². The summed E-state index contributed by atoms with van der Waals surface area (Å²) in [4.78, 5) is 28.6. The molecule has 1 saturated heterocycles. The van der Waals surface area contributed by atoms with Crippen molar-refractivity contribution in [2.45, 2.75) is 16.6 Å². The lowest BCUT2D eigenvalue weighted by Gasteiger charge is -2.34. The summed E-state index contributed by atoms with van der Waals surface area (Å²) in [5.41, 5.74) is 2.24. The lowest BCUT2D eigenvalue weighted by Crippen LogP contribution is -2.52. The Bertz CT molecular complexity index is 1250. The summed E-state index contributed by atoms with van der Waals surface area (Å²) >= 11 is 1.40. The average molecular weight is 494 g/mol. The number of pyridine rings is 1. The Kier molecular flexibility index (Phi) is 6.47. The Hall–Kier alpha value is -2.50. The molecule has 0 radical (unpaired) electrons. The van der Waals surface area contributed by atoms with E-state index < -0.39 is 15.3 Å². The van der Waals surface area contributed by atoms with Crippen LogP contribution in [0.3, 0.4) is 0 Å². The summed E-state index contributed by atoms with van der Waals surface area (Å²) in [7, 11) is 1.58. The van der Waals surface area contributed by atoms with Crippen LogP contribution >= 0.6 is 11.8 Å². The molecule has 1 fully saturated rings. The molecule has 1 amide bonds. The molecule has 178 valence electrons. The maximum absolute atomic E-state index is 13.2. The van der Waals surface area contributed by atoms with E-state index in [0.29, 0.717) is 36.6 Å². The molecule has 0 N–H and O–H groups in total. The minimum atomic E-state index is -3.27. The molecule has 2 aromatic rings. The van der Waals surface area contributed by atoms with Crippen molar-refractivity contribution in [3.63, 3.8) is 0 Å². The van der Waals surface area contributed by atoms with Gasteiger partial charge in [-0.05, 0) is 17.7 Å². The number of fused-ring (bicyclic) bond motifs is 1. The number of carbonyl (C=O) groups is 1. The van der Waals surface area contributed by atoms with Crippen molar-refractivity contribution in [1.82, 2.24) is 13.8 Å². The predicted molar refractivity (Wildman–Crippen MR) is 127 cm³/mol. The third-order valence-electron chi connectivity index (χ3n) is 6.06. The number of sulfonamides is 1. The first-order valence-corrected chi connectivity index (χ1v) is 13.2. The van der Waals surface area contributed by atoms with Crippen LogP contribution in [0.4, 0.5) is 0 Å². The fraction of sp³-hybridized carbons (Fsp3) is 0.455. The molecule has 0 bridgehead atoms. The van der Waals surface area contributed by atoms with Gasteiger partial charge in [-0.2, -0.15) is 4.31 Å². The van der Waals surface area contributed by atoms with Crippen LogP contribution in [0.5, 0.6) is 11.5 Å². The third-order valence-corrected chi connectivity index (χ3v) is 8.72. The molecular weight excluding hydrogens is 466 g/mol. The summed E-state index contributed by atoms with van der Waals surface area (Å²) in [6, 6.07) is 5.58. The van der Waals surface area contributed by atoms with Gasteiger partial charge in [-0.25, -0.2) is 8.42 Å². The summed E-state index contributed by atoms with van der Waals surface area (Å²) in [5, 5.41) is -0.418. The lowest BCUT2D eigenvalue weighted by atomic mass is 10.0. The van der Waals surface area contributed by atoms with Gasteiger partial charge in [0.2, 0.25) is 15.9 Å². The molecule has 0 spiro atoms. The van der Waals surface area contributed by atoms with E-state index in [1.54, 1.807) is 36.9 Å². The van der Waals surface area contributed by atoms with Gasteiger partial charge in [0.1, 0.15) is 0 Å². The van der Waals surface area contributed by atoms with Crippen molar-refractivity contribution < 1.29 is 22.7 Å². The summed E-state index contributed by atoms with van der Waals surface area (Å²) in [6.07, 6.45) is 3.31. The summed E-state index contributed by atoms with van der Waals surface area (Å²) < 4.78 is 37.2. The fourth-order valence-electron chi connectivity index (χ4n) is 4.26. The standard InChI is InChI=1S/C22H27N3O6S2/c1-23-13-16(14-5-6-17(30-2)18(11-14)31-3)20-15(21(23)26)12-19(32-20)22(27)24-7-9-25(10-8-24)33(4,28)29/h5-6,11,13,19H,7-10,12H2,1-4H3/t19-/m0/s1. The molecule has 11 heteroatoms. The van der Waals surface area contributed by atoms with Crippen molar-refractivity contribution in [3.05, 3.63) is 40.3 Å². The molecule has 4 rings (SSSR count). The number of rotatable bonds is 5. The number of amides is 1. The SMILES string of the molecule is COc1ccc(-c2cn(C)c(=O)c3c2S[C@H](C(=O)N2CCN(S(C)(=O)=O)CC2)C3)cc1OC. The maximum Gasteiger partial charge on any atom is 0.254 e. The Morgan fingerprint density at radius 3 is 2.36 bits per heavy atom. The number of nitrogens with zero attached hydrogens (tertiary/aromatic N) is 3. The topological polar surface area (TPSA) is 98.1 Å². The first kappa shape index (κ1) is 23.7. The molecule has 9 nitrogen and oxygen atoms in total. The molecule has 0 aliphatic carbocycles. The first-order valence-electron chi connectivity index (χ1n) is 10.5. The molecule has 2 aliphatic rings. The highest BCUT2D eigenvalue weighted by molar-refractivity contribution is 8.01. The first-order chi connectivity index (χ1) is 15.6. The second-order valence-corrected chi connectivity index (χ2v) is 11.3. The van der Waals surface area contributed by atoms with Crippen molar-refractivity contribution in [2.24, 2.45) is 7.05 Å². The minimum absolute atomic E-state index is 0.0651. The molecule has 33 heavy (non-hydrogen) atoms. The number of aromatic nitrogens is 1. The maximum atomic E-state index is 13.2. The van der Waals surface area contributed by atoms with E-state index in [1.165, 1.54) is 22.3 Å². The number of methoxy groups -OCH3 is 2. The van der Waals surface area contributed by atoms with Crippen LogP contribution in [0.25, 0.3) is 11.1 Å². The molecule has 2 aliphatic heterocycles. The van der Waals surface area contributed by atoms with Gasteiger partial charge >= 0.3 is 0 Å². The molecular formula is C22H27N3O6S2. The Morgan fingerprint density at radius 2 is 1.76 bits per heavy atom. The second kappa shape index (κ2) is 9.03. The van der Waals surface area contributed by atoms with Gasteiger partial charge < -0.3 is 18.9 Å². The zero-order chi connectivity index (χ0) is 23.9.